The Bertz CT molecular complexity index is 415. The van der Waals surface area contributed by atoms with Crippen molar-refractivity contribution in [3.8, 4) is 0 Å². The molecule has 1 aliphatic carbocycles. The maximum Gasteiger partial charge on any atom is 0.0195 e. The van der Waals surface area contributed by atoms with E-state index in [9.17, 15) is 0 Å². The van der Waals surface area contributed by atoms with Crippen molar-refractivity contribution < 1.29 is 0 Å². The molecule has 0 bridgehead atoms. The van der Waals surface area contributed by atoms with Crippen LogP contribution < -0.4 is 5.73 Å². The van der Waals surface area contributed by atoms with E-state index in [2.05, 4.69) is 54.0 Å². The highest BCUT2D eigenvalue weighted by Gasteiger charge is 2.30. The molecule has 0 radical (unpaired) electrons. The van der Waals surface area contributed by atoms with Crippen molar-refractivity contribution in [3.05, 3.63) is 34.3 Å². The average molecular weight is 324 g/mol. The molecule has 2 unspecified atom stereocenters. The van der Waals surface area contributed by atoms with E-state index in [1.165, 1.54) is 37.7 Å². The Morgan fingerprint density at radius 1 is 1.32 bits per heavy atom. The van der Waals surface area contributed by atoms with Gasteiger partial charge >= 0.3 is 0 Å². The molecule has 106 valence electrons. The van der Waals surface area contributed by atoms with E-state index in [0.29, 0.717) is 0 Å². The first-order chi connectivity index (χ1) is 8.98. The zero-order valence-corrected chi connectivity index (χ0v) is 13.7. The van der Waals surface area contributed by atoms with Crippen molar-refractivity contribution in [2.75, 3.05) is 0 Å². The Morgan fingerprint density at radius 2 is 2.11 bits per heavy atom. The zero-order valence-electron chi connectivity index (χ0n) is 12.2. The molecule has 2 atom stereocenters. The lowest BCUT2D eigenvalue weighted by molar-refractivity contribution is 0.321. The third-order valence-electron chi connectivity index (χ3n) is 4.65. The molecule has 1 aliphatic rings. The van der Waals surface area contributed by atoms with Gasteiger partial charge in [0.25, 0.3) is 0 Å². The molecule has 0 aliphatic heterocycles. The van der Waals surface area contributed by atoms with E-state index in [1.54, 1.807) is 0 Å². The Hall–Kier alpha value is -0.340. The minimum atomic E-state index is 0.00440. The smallest absolute Gasteiger partial charge is 0.0195 e. The molecular weight excluding hydrogens is 298 g/mol. The summed E-state index contributed by atoms with van der Waals surface area (Å²) in [6.45, 7) is 4.70. The quantitative estimate of drug-likeness (QED) is 0.784. The summed E-state index contributed by atoms with van der Waals surface area (Å²) in [6, 6.07) is 8.59. The summed E-state index contributed by atoms with van der Waals surface area (Å²) in [4.78, 5) is 0. The molecule has 1 fully saturated rings. The monoisotopic (exact) mass is 323 g/mol. The molecule has 1 aromatic carbocycles. The van der Waals surface area contributed by atoms with Gasteiger partial charge in [-0.2, -0.15) is 0 Å². The van der Waals surface area contributed by atoms with Crippen LogP contribution in [0.5, 0.6) is 0 Å². The fraction of sp³-hybridized carbons (Fsp3) is 0.647. The highest BCUT2D eigenvalue weighted by molar-refractivity contribution is 9.10. The van der Waals surface area contributed by atoms with Gasteiger partial charge in [-0.15, -0.1) is 0 Å². The normalized spacial score (nSPS) is 28.4. The molecule has 1 saturated carbocycles. The standard InChI is InChI=1S/C17H26BrN/c1-13(2)15-6-4-9-17(19,10-8-15)12-14-5-3-7-16(18)11-14/h3,5,7,11,13,15H,4,6,8-10,12,19H2,1-2H3. The first-order valence-corrected chi connectivity index (χ1v) is 8.31. The highest BCUT2D eigenvalue weighted by atomic mass is 79.9. The maximum absolute atomic E-state index is 6.69. The summed E-state index contributed by atoms with van der Waals surface area (Å²) in [6.07, 6.45) is 7.28. The van der Waals surface area contributed by atoms with E-state index in [-0.39, 0.29) is 5.54 Å². The first kappa shape index (κ1) is 15.1. The van der Waals surface area contributed by atoms with Gasteiger partial charge in [-0.3, -0.25) is 0 Å². The summed E-state index contributed by atoms with van der Waals surface area (Å²) in [5.74, 6) is 1.67. The Morgan fingerprint density at radius 3 is 2.79 bits per heavy atom. The predicted octanol–water partition coefficient (Wildman–Crippen LogP) is 4.93. The van der Waals surface area contributed by atoms with Crippen LogP contribution in [0.3, 0.4) is 0 Å². The van der Waals surface area contributed by atoms with Crippen molar-refractivity contribution in [3.63, 3.8) is 0 Å². The lowest BCUT2D eigenvalue weighted by Gasteiger charge is -2.29. The van der Waals surface area contributed by atoms with Crippen LogP contribution >= 0.6 is 15.9 Å². The van der Waals surface area contributed by atoms with Gasteiger partial charge < -0.3 is 5.73 Å². The molecular formula is C17H26BrN. The lowest BCUT2D eigenvalue weighted by Crippen LogP contribution is -2.41. The summed E-state index contributed by atoms with van der Waals surface area (Å²) < 4.78 is 1.15. The minimum absolute atomic E-state index is 0.00440. The third-order valence-corrected chi connectivity index (χ3v) is 5.14. The summed E-state index contributed by atoms with van der Waals surface area (Å²) in [5.41, 5.74) is 8.05. The molecule has 0 saturated heterocycles. The predicted molar refractivity (Wildman–Crippen MR) is 86.2 cm³/mol. The molecule has 1 nitrogen and oxygen atoms in total. The molecule has 0 amide bonds. The van der Waals surface area contributed by atoms with Gasteiger partial charge in [0.1, 0.15) is 0 Å². The fourth-order valence-electron chi connectivity index (χ4n) is 3.36. The first-order valence-electron chi connectivity index (χ1n) is 7.52. The molecule has 2 N–H and O–H groups in total. The van der Waals surface area contributed by atoms with Crippen LogP contribution in [0.15, 0.2) is 28.7 Å². The van der Waals surface area contributed by atoms with Gasteiger partial charge in [0.2, 0.25) is 0 Å². The van der Waals surface area contributed by atoms with Crippen LogP contribution in [-0.2, 0) is 6.42 Å². The minimum Gasteiger partial charge on any atom is -0.325 e. The number of hydrogen-bond acceptors (Lipinski definition) is 1. The van der Waals surface area contributed by atoms with E-state index < -0.39 is 0 Å². The number of hydrogen-bond donors (Lipinski definition) is 1. The van der Waals surface area contributed by atoms with Gasteiger partial charge in [0.05, 0.1) is 0 Å². The summed E-state index contributed by atoms with van der Waals surface area (Å²) >= 11 is 3.55. The van der Waals surface area contributed by atoms with Gasteiger partial charge in [0, 0.05) is 10.0 Å². The zero-order chi connectivity index (χ0) is 13.9. The van der Waals surface area contributed by atoms with Crippen molar-refractivity contribution in [2.24, 2.45) is 17.6 Å². The molecule has 0 aromatic heterocycles. The van der Waals surface area contributed by atoms with Crippen molar-refractivity contribution in [1.82, 2.24) is 0 Å². The molecule has 2 rings (SSSR count). The molecule has 19 heavy (non-hydrogen) atoms. The van der Waals surface area contributed by atoms with E-state index >= 15 is 0 Å². The lowest BCUT2D eigenvalue weighted by atomic mass is 9.83. The fourth-order valence-corrected chi connectivity index (χ4v) is 3.80. The van der Waals surface area contributed by atoms with Crippen LogP contribution in [0, 0.1) is 11.8 Å². The Balaban J connectivity index is 2.02. The maximum atomic E-state index is 6.69. The Labute approximate surface area is 126 Å². The average Bonchev–Trinajstić information content (AvgIpc) is 2.51. The van der Waals surface area contributed by atoms with Crippen molar-refractivity contribution in [2.45, 2.75) is 57.9 Å². The van der Waals surface area contributed by atoms with E-state index in [4.69, 9.17) is 5.73 Å². The topological polar surface area (TPSA) is 26.0 Å². The Kier molecular flexibility index (Phi) is 5.08. The largest absolute Gasteiger partial charge is 0.325 e. The van der Waals surface area contributed by atoms with Crippen LogP contribution in [0.25, 0.3) is 0 Å². The third kappa shape index (κ3) is 4.32. The SMILES string of the molecule is CC(C)C1CCCC(N)(Cc2cccc(Br)c2)CC1. The van der Waals surface area contributed by atoms with Gasteiger partial charge in [-0.05, 0) is 55.2 Å². The van der Waals surface area contributed by atoms with E-state index in [1.807, 2.05) is 0 Å². The second kappa shape index (κ2) is 6.41. The van der Waals surface area contributed by atoms with Gasteiger partial charge in [-0.25, -0.2) is 0 Å². The van der Waals surface area contributed by atoms with Gasteiger partial charge in [-0.1, -0.05) is 54.8 Å². The number of nitrogens with two attached hydrogens (primary N) is 1. The molecule has 2 heteroatoms. The van der Waals surface area contributed by atoms with Crippen molar-refractivity contribution >= 4 is 15.9 Å². The van der Waals surface area contributed by atoms with Gasteiger partial charge in [0.15, 0.2) is 0 Å². The molecule has 0 spiro atoms. The molecule has 0 heterocycles. The number of rotatable bonds is 3. The second-order valence-corrected chi connectivity index (χ2v) is 7.52. The molecule has 1 aromatic rings. The van der Waals surface area contributed by atoms with Crippen LogP contribution in [0.4, 0.5) is 0 Å². The summed E-state index contributed by atoms with van der Waals surface area (Å²) in [5, 5.41) is 0. The second-order valence-electron chi connectivity index (χ2n) is 6.60. The van der Waals surface area contributed by atoms with Crippen LogP contribution in [-0.4, -0.2) is 5.54 Å². The number of halogens is 1. The van der Waals surface area contributed by atoms with Crippen molar-refractivity contribution in [1.29, 1.82) is 0 Å². The highest BCUT2D eigenvalue weighted by Crippen LogP contribution is 2.34. The van der Waals surface area contributed by atoms with Crippen LogP contribution in [0.1, 0.15) is 51.5 Å². The van der Waals surface area contributed by atoms with E-state index in [0.717, 1.165) is 22.7 Å². The number of benzene rings is 1. The summed E-state index contributed by atoms with van der Waals surface area (Å²) in [7, 11) is 0. The van der Waals surface area contributed by atoms with Crippen LogP contribution in [0.2, 0.25) is 0 Å².